The van der Waals surface area contributed by atoms with Gasteiger partial charge in [0.15, 0.2) is 0 Å². The topological polar surface area (TPSA) is 12.0 Å². The first kappa shape index (κ1) is 10.2. The molecule has 0 saturated carbocycles. The highest BCUT2D eigenvalue weighted by molar-refractivity contribution is 6.32. The van der Waals surface area contributed by atoms with Crippen molar-refractivity contribution in [1.82, 2.24) is 5.32 Å². The Morgan fingerprint density at radius 2 is 2.31 bits per heavy atom. The zero-order chi connectivity index (χ0) is 9.68. The molecule has 0 amide bonds. The van der Waals surface area contributed by atoms with Crippen LogP contribution in [0.5, 0.6) is 0 Å². The third kappa shape index (κ3) is 3.17. The molecule has 1 nitrogen and oxygen atoms in total. The number of rotatable bonds is 3. The van der Waals surface area contributed by atoms with Gasteiger partial charge in [-0.2, -0.15) is 0 Å². The van der Waals surface area contributed by atoms with Crippen molar-refractivity contribution in [2.24, 2.45) is 0 Å². The monoisotopic (exact) mass is 199 g/mol. The summed E-state index contributed by atoms with van der Waals surface area (Å²) in [6.45, 7) is 0.772. The minimum atomic E-state index is -0.309. The molecule has 3 heteroatoms. The maximum absolute atomic E-state index is 12.6. The van der Waals surface area contributed by atoms with E-state index in [9.17, 15) is 4.39 Å². The lowest BCUT2D eigenvalue weighted by Gasteiger charge is -1.97. The first-order valence-corrected chi connectivity index (χ1v) is 4.38. The number of hydrogen-bond donors (Lipinski definition) is 1. The molecular formula is C10H11ClFN. The zero-order valence-electron chi connectivity index (χ0n) is 7.35. The van der Waals surface area contributed by atoms with Crippen LogP contribution in [0.2, 0.25) is 5.02 Å². The van der Waals surface area contributed by atoms with Crippen LogP contribution in [-0.2, 0) is 0 Å². The Morgan fingerprint density at radius 1 is 1.54 bits per heavy atom. The van der Waals surface area contributed by atoms with Crippen molar-refractivity contribution in [3.8, 4) is 0 Å². The molecular weight excluding hydrogens is 189 g/mol. The van der Waals surface area contributed by atoms with Crippen molar-refractivity contribution < 1.29 is 4.39 Å². The average Bonchev–Trinajstić information content (AvgIpc) is 2.09. The second-order valence-electron chi connectivity index (χ2n) is 2.63. The van der Waals surface area contributed by atoms with E-state index in [2.05, 4.69) is 5.32 Å². The first-order valence-electron chi connectivity index (χ1n) is 4.00. The molecule has 0 aliphatic carbocycles. The van der Waals surface area contributed by atoms with Gasteiger partial charge in [-0.25, -0.2) is 4.39 Å². The standard InChI is InChI=1S/C10H11ClFN/c1-13-6-2-3-8-4-5-9(12)7-10(8)11/h2-5,7,13H,6H2,1H3. The van der Waals surface area contributed by atoms with Gasteiger partial charge in [-0.05, 0) is 24.7 Å². The fraction of sp³-hybridized carbons (Fsp3) is 0.200. The molecule has 0 aliphatic heterocycles. The Balaban J connectivity index is 2.77. The van der Waals surface area contributed by atoms with Crippen molar-refractivity contribution in [1.29, 1.82) is 0 Å². The van der Waals surface area contributed by atoms with Crippen LogP contribution in [0.15, 0.2) is 24.3 Å². The molecule has 0 spiro atoms. The molecule has 0 saturated heterocycles. The fourth-order valence-corrected chi connectivity index (χ4v) is 1.17. The quantitative estimate of drug-likeness (QED) is 0.790. The molecule has 1 rings (SSSR count). The van der Waals surface area contributed by atoms with Crippen LogP contribution in [0.4, 0.5) is 4.39 Å². The third-order valence-electron chi connectivity index (χ3n) is 1.58. The van der Waals surface area contributed by atoms with E-state index >= 15 is 0 Å². The molecule has 0 aromatic heterocycles. The van der Waals surface area contributed by atoms with Crippen molar-refractivity contribution in [3.05, 3.63) is 40.7 Å². The minimum absolute atomic E-state index is 0.309. The molecule has 0 bridgehead atoms. The maximum atomic E-state index is 12.6. The highest BCUT2D eigenvalue weighted by Gasteiger charge is 1.97. The molecule has 0 atom stereocenters. The van der Waals surface area contributed by atoms with Crippen LogP contribution in [0.1, 0.15) is 5.56 Å². The van der Waals surface area contributed by atoms with Crippen LogP contribution >= 0.6 is 11.6 Å². The predicted molar refractivity (Wildman–Crippen MR) is 54.4 cm³/mol. The molecule has 0 unspecified atom stereocenters. The summed E-state index contributed by atoms with van der Waals surface area (Å²) in [4.78, 5) is 0. The number of hydrogen-bond acceptors (Lipinski definition) is 1. The van der Waals surface area contributed by atoms with Crippen LogP contribution < -0.4 is 5.32 Å². The summed E-state index contributed by atoms with van der Waals surface area (Å²) in [5.41, 5.74) is 0.832. The molecule has 0 fully saturated rings. The Kier molecular flexibility index (Phi) is 3.93. The molecule has 1 aromatic carbocycles. The van der Waals surface area contributed by atoms with Gasteiger partial charge in [0.05, 0.1) is 5.02 Å². The lowest BCUT2D eigenvalue weighted by molar-refractivity contribution is 0.628. The molecule has 0 heterocycles. The summed E-state index contributed by atoms with van der Waals surface area (Å²) in [5, 5.41) is 3.40. The Bertz CT molecular complexity index is 310. The van der Waals surface area contributed by atoms with Crippen molar-refractivity contribution in [2.75, 3.05) is 13.6 Å². The number of likely N-dealkylation sites (N-methyl/N-ethyl adjacent to an activating group) is 1. The van der Waals surface area contributed by atoms with E-state index in [0.29, 0.717) is 5.02 Å². The van der Waals surface area contributed by atoms with Crippen LogP contribution in [0.3, 0.4) is 0 Å². The molecule has 0 aliphatic rings. The average molecular weight is 200 g/mol. The van der Waals surface area contributed by atoms with Crippen LogP contribution in [0, 0.1) is 5.82 Å². The Labute approximate surface area is 82.2 Å². The summed E-state index contributed by atoms with van der Waals surface area (Å²) in [7, 11) is 1.86. The Morgan fingerprint density at radius 3 is 2.92 bits per heavy atom. The Hall–Kier alpha value is -0.860. The highest BCUT2D eigenvalue weighted by Crippen LogP contribution is 2.18. The second-order valence-corrected chi connectivity index (χ2v) is 3.03. The third-order valence-corrected chi connectivity index (χ3v) is 1.91. The minimum Gasteiger partial charge on any atom is -0.316 e. The molecule has 0 radical (unpaired) electrons. The van der Waals surface area contributed by atoms with E-state index in [-0.39, 0.29) is 5.82 Å². The van der Waals surface area contributed by atoms with E-state index in [1.165, 1.54) is 12.1 Å². The molecule has 70 valence electrons. The predicted octanol–water partition coefficient (Wildman–Crippen LogP) is 2.71. The summed E-state index contributed by atoms with van der Waals surface area (Å²) in [5.74, 6) is -0.309. The van der Waals surface area contributed by atoms with Crippen molar-refractivity contribution >= 4 is 17.7 Å². The number of benzene rings is 1. The summed E-state index contributed by atoms with van der Waals surface area (Å²) < 4.78 is 12.6. The molecule has 13 heavy (non-hydrogen) atoms. The smallest absolute Gasteiger partial charge is 0.124 e. The largest absolute Gasteiger partial charge is 0.316 e. The summed E-state index contributed by atoms with van der Waals surface area (Å²) in [6, 6.07) is 4.36. The van der Waals surface area contributed by atoms with E-state index < -0.39 is 0 Å². The van der Waals surface area contributed by atoms with Gasteiger partial charge in [-0.15, -0.1) is 0 Å². The number of nitrogens with one attached hydrogen (secondary N) is 1. The van der Waals surface area contributed by atoms with Gasteiger partial charge in [0.2, 0.25) is 0 Å². The highest BCUT2D eigenvalue weighted by atomic mass is 35.5. The summed E-state index contributed by atoms with van der Waals surface area (Å²) in [6.07, 6.45) is 3.79. The molecule has 1 aromatic rings. The SMILES string of the molecule is CNCC=Cc1ccc(F)cc1Cl. The van der Waals surface area contributed by atoms with Gasteiger partial charge in [0, 0.05) is 6.54 Å². The fourth-order valence-electron chi connectivity index (χ4n) is 0.940. The van der Waals surface area contributed by atoms with Gasteiger partial charge in [0.25, 0.3) is 0 Å². The van der Waals surface area contributed by atoms with Gasteiger partial charge < -0.3 is 5.32 Å². The van der Waals surface area contributed by atoms with Gasteiger partial charge in [0.1, 0.15) is 5.82 Å². The van der Waals surface area contributed by atoms with Crippen LogP contribution in [0.25, 0.3) is 6.08 Å². The second kappa shape index (κ2) is 5.00. The van der Waals surface area contributed by atoms with Gasteiger partial charge >= 0.3 is 0 Å². The first-order chi connectivity index (χ1) is 6.24. The van der Waals surface area contributed by atoms with Crippen molar-refractivity contribution in [2.45, 2.75) is 0 Å². The van der Waals surface area contributed by atoms with Crippen LogP contribution in [-0.4, -0.2) is 13.6 Å². The van der Waals surface area contributed by atoms with Gasteiger partial charge in [-0.1, -0.05) is 29.8 Å². The lowest BCUT2D eigenvalue weighted by atomic mass is 10.2. The number of halogens is 2. The zero-order valence-corrected chi connectivity index (χ0v) is 8.11. The lowest BCUT2D eigenvalue weighted by Crippen LogP contribution is -2.03. The van der Waals surface area contributed by atoms with Crippen molar-refractivity contribution in [3.63, 3.8) is 0 Å². The van der Waals surface area contributed by atoms with E-state index in [0.717, 1.165) is 12.1 Å². The normalized spacial score (nSPS) is 11.0. The molecule has 1 N–H and O–H groups in total. The maximum Gasteiger partial charge on any atom is 0.124 e. The summed E-state index contributed by atoms with van der Waals surface area (Å²) >= 11 is 5.80. The van der Waals surface area contributed by atoms with E-state index in [1.54, 1.807) is 6.07 Å². The van der Waals surface area contributed by atoms with E-state index in [1.807, 2.05) is 19.2 Å². The van der Waals surface area contributed by atoms with Gasteiger partial charge in [-0.3, -0.25) is 0 Å². The van der Waals surface area contributed by atoms with E-state index in [4.69, 9.17) is 11.6 Å².